The highest BCUT2D eigenvalue weighted by atomic mass is 32.1. The predicted octanol–water partition coefficient (Wildman–Crippen LogP) is 4.59. The molecule has 1 aliphatic heterocycles. The van der Waals surface area contributed by atoms with E-state index in [2.05, 4.69) is 0 Å². The molecule has 1 N–H and O–H groups in total. The molecular formula is C26H25NO6S. The number of thiophene rings is 1. The first-order valence-corrected chi connectivity index (χ1v) is 11.5. The van der Waals surface area contributed by atoms with Crippen molar-refractivity contribution in [3.63, 3.8) is 0 Å². The van der Waals surface area contributed by atoms with Gasteiger partial charge in [-0.2, -0.15) is 0 Å². The van der Waals surface area contributed by atoms with Gasteiger partial charge in [-0.15, -0.1) is 11.3 Å². The third kappa shape index (κ3) is 4.36. The molecule has 1 atom stereocenters. The average molecular weight is 480 g/mol. The quantitative estimate of drug-likeness (QED) is 0.452. The Morgan fingerprint density at radius 3 is 2.47 bits per heavy atom. The fourth-order valence-electron chi connectivity index (χ4n) is 4.10. The number of Topliss-reactive ketones (excluding diaryl/α,β-unsaturated/α-hetero) is 1. The summed E-state index contributed by atoms with van der Waals surface area (Å²) in [6.07, 6.45) is 0.486. The van der Waals surface area contributed by atoms with Crippen LogP contribution in [0.15, 0.2) is 71.3 Å². The predicted molar refractivity (Wildman–Crippen MR) is 129 cm³/mol. The minimum atomic E-state index is -0.739. The molecule has 1 aliphatic rings. The molecule has 0 saturated carbocycles. The molecular weight excluding hydrogens is 454 g/mol. The van der Waals surface area contributed by atoms with E-state index < -0.39 is 17.7 Å². The summed E-state index contributed by atoms with van der Waals surface area (Å²) in [5.41, 5.74) is 1.68. The van der Waals surface area contributed by atoms with Gasteiger partial charge in [-0.3, -0.25) is 9.59 Å². The van der Waals surface area contributed by atoms with E-state index in [0.29, 0.717) is 34.1 Å². The van der Waals surface area contributed by atoms with Crippen LogP contribution in [0.4, 0.5) is 0 Å². The van der Waals surface area contributed by atoms with Crippen molar-refractivity contribution in [1.82, 2.24) is 4.90 Å². The summed E-state index contributed by atoms with van der Waals surface area (Å²) in [5, 5.41) is 12.6. The van der Waals surface area contributed by atoms with Crippen molar-refractivity contribution >= 4 is 23.0 Å². The van der Waals surface area contributed by atoms with Crippen molar-refractivity contribution in [3.05, 3.63) is 87.3 Å². The first kappa shape index (κ1) is 23.4. The van der Waals surface area contributed by atoms with Gasteiger partial charge in [0.25, 0.3) is 5.91 Å². The highest BCUT2D eigenvalue weighted by molar-refractivity contribution is 7.12. The maximum absolute atomic E-state index is 13.3. The van der Waals surface area contributed by atoms with Gasteiger partial charge >= 0.3 is 0 Å². The van der Waals surface area contributed by atoms with Crippen molar-refractivity contribution in [2.45, 2.75) is 12.5 Å². The second kappa shape index (κ2) is 10.0. The normalized spacial score (nSPS) is 15.6. The van der Waals surface area contributed by atoms with E-state index in [9.17, 15) is 14.7 Å². The van der Waals surface area contributed by atoms with Gasteiger partial charge in [0.1, 0.15) is 5.75 Å². The van der Waals surface area contributed by atoms with Crippen LogP contribution in [0.1, 0.15) is 26.8 Å². The second-order valence-corrected chi connectivity index (χ2v) is 8.63. The number of carbonyl (C=O) groups is 2. The van der Waals surface area contributed by atoms with E-state index >= 15 is 0 Å². The number of ketones is 1. The molecule has 0 unspecified atom stereocenters. The molecule has 0 bridgehead atoms. The Kier molecular flexibility index (Phi) is 6.88. The monoisotopic (exact) mass is 479 g/mol. The van der Waals surface area contributed by atoms with Crippen molar-refractivity contribution < 1.29 is 28.9 Å². The number of benzene rings is 2. The highest BCUT2D eigenvalue weighted by Crippen LogP contribution is 2.40. The van der Waals surface area contributed by atoms with Crippen molar-refractivity contribution in [2.75, 3.05) is 27.9 Å². The zero-order chi connectivity index (χ0) is 24.2. The maximum atomic E-state index is 13.3. The fourth-order valence-corrected chi connectivity index (χ4v) is 4.78. The molecule has 4 rings (SSSR count). The lowest BCUT2D eigenvalue weighted by atomic mass is 9.95. The zero-order valence-corrected chi connectivity index (χ0v) is 19.9. The van der Waals surface area contributed by atoms with E-state index in [0.717, 1.165) is 5.56 Å². The molecule has 0 saturated heterocycles. The van der Waals surface area contributed by atoms with Crippen LogP contribution >= 0.6 is 11.3 Å². The number of hydrogen-bond donors (Lipinski definition) is 1. The lowest BCUT2D eigenvalue weighted by molar-refractivity contribution is -0.129. The number of hydrogen-bond acceptors (Lipinski definition) is 7. The van der Waals surface area contributed by atoms with Gasteiger partial charge in [-0.05, 0) is 53.3 Å². The molecule has 0 aliphatic carbocycles. The van der Waals surface area contributed by atoms with Crippen LogP contribution in [-0.2, 0) is 11.2 Å². The van der Waals surface area contributed by atoms with Gasteiger partial charge in [-0.1, -0.05) is 24.3 Å². The number of methoxy groups -OCH3 is 3. The standard InChI is InChI=1S/C26H25NO6S/c1-31-18-7-4-6-17(15-18)23-22(24(28)21-8-5-13-34-21)25(29)26(30)27(23)12-11-16-9-10-19(32-2)20(14-16)33-3/h4-10,13-15,23,29H,11-12H2,1-3H3/t23-/m0/s1. The third-order valence-electron chi connectivity index (χ3n) is 5.79. The van der Waals surface area contributed by atoms with Gasteiger partial charge in [0, 0.05) is 6.54 Å². The average Bonchev–Trinajstić information content (AvgIpc) is 3.49. The minimum absolute atomic E-state index is 0.0769. The molecule has 0 radical (unpaired) electrons. The van der Waals surface area contributed by atoms with Crippen LogP contribution < -0.4 is 14.2 Å². The Balaban J connectivity index is 1.69. The summed E-state index contributed by atoms with van der Waals surface area (Å²) in [6.45, 7) is 0.279. The van der Waals surface area contributed by atoms with Crippen molar-refractivity contribution in [2.24, 2.45) is 0 Å². The number of carbonyl (C=O) groups excluding carboxylic acids is 2. The first-order chi connectivity index (χ1) is 16.5. The third-order valence-corrected chi connectivity index (χ3v) is 6.66. The van der Waals surface area contributed by atoms with Crippen molar-refractivity contribution in [3.8, 4) is 17.2 Å². The molecule has 34 heavy (non-hydrogen) atoms. The Labute approximate surface area is 201 Å². The minimum Gasteiger partial charge on any atom is -0.503 e. The van der Waals surface area contributed by atoms with Gasteiger partial charge in [0.2, 0.25) is 5.78 Å². The number of amides is 1. The molecule has 1 aromatic heterocycles. The van der Waals surface area contributed by atoms with Gasteiger partial charge < -0.3 is 24.2 Å². The number of nitrogens with zero attached hydrogens (tertiary/aromatic N) is 1. The fraction of sp³-hybridized carbons (Fsp3) is 0.231. The summed E-state index contributed by atoms with van der Waals surface area (Å²) in [7, 11) is 4.69. The van der Waals surface area contributed by atoms with E-state index in [1.54, 1.807) is 63.1 Å². The largest absolute Gasteiger partial charge is 0.503 e. The zero-order valence-electron chi connectivity index (χ0n) is 19.1. The molecule has 3 aromatic rings. The molecule has 1 amide bonds. The Morgan fingerprint density at radius 1 is 1.00 bits per heavy atom. The number of ether oxygens (including phenoxy) is 3. The summed E-state index contributed by atoms with van der Waals surface area (Å²) in [5.74, 6) is 0.348. The molecule has 2 aromatic carbocycles. The smallest absolute Gasteiger partial charge is 0.290 e. The maximum Gasteiger partial charge on any atom is 0.290 e. The van der Waals surface area contributed by atoms with Crippen LogP contribution in [0.2, 0.25) is 0 Å². The number of aliphatic hydroxyl groups excluding tert-OH is 1. The van der Waals surface area contributed by atoms with E-state index in [1.807, 2.05) is 18.2 Å². The summed E-state index contributed by atoms with van der Waals surface area (Å²) in [4.78, 5) is 28.5. The van der Waals surface area contributed by atoms with E-state index in [1.165, 1.54) is 16.2 Å². The van der Waals surface area contributed by atoms with Gasteiger partial charge in [0.05, 0.1) is 37.8 Å². The first-order valence-electron chi connectivity index (χ1n) is 10.7. The van der Waals surface area contributed by atoms with Crippen LogP contribution in [0.25, 0.3) is 0 Å². The van der Waals surface area contributed by atoms with E-state index in [4.69, 9.17) is 14.2 Å². The topological polar surface area (TPSA) is 85.3 Å². The highest BCUT2D eigenvalue weighted by Gasteiger charge is 2.43. The number of aliphatic hydroxyl groups is 1. The second-order valence-electron chi connectivity index (χ2n) is 7.69. The molecule has 176 valence electrons. The van der Waals surface area contributed by atoms with Crippen LogP contribution in [0, 0.1) is 0 Å². The van der Waals surface area contributed by atoms with E-state index in [-0.39, 0.29) is 17.9 Å². The van der Waals surface area contributed by atoms with Gasteiger partial charge in [-0.25, -0.2) is 0 Å². The summed E-state index contributed by atoms with van der Waals surface area (Å²) in [6, 6.07) is 15.5. The van der Waals surface area contributed by atoms with Crippen LogP contribution in [0.5, 0.6) is 17.2 Å². The summed E-state index contributed by atoms with van der Waals surface area (Å²) < 4.78 is 16.0. The summed E-state index contributed by atoms with van der Waals surface area (Å²) >= 11 is 1.27. The Hall–Kier alpha value is -3.78. The lowest BCUT2D eigenvalue weighted by Gasteiger charge is -2.27. The SMILES string of the molecule is COc1cccc([C@H]2C(C(=O)c3cccs3)=C(O)C(=O)N2CCc2ccc(OC)c(OC)c2)c1. The molecule has 0 spiro atoms. The molecule has 8 heteroatoms. The Morgan fingerprint density at radius 2 is 1.79 bits per heavy atom. The molecule has 2 heterocycles. The van der Waals surface area contributed by atoms with Crippen LogP contribution in [0.3, 0.4) is 0 Å². The molecule has 0 fully saturated rings. The van der Waals surface area contributed by atoms with Crippen LogP contribution in [-0.4, -0.2) is 49.6 Å². The van der Waals surface area contributed by atoms with Gasteiger partial charge in [0.15, 0.2) is 17.3 Å². The molecule has 7 nitrogen and oxygen atoms in total. The van der Waals surface area contributed by atoms with Crippen molar-refractivity contribution in [1.29, 1.82) is 0 Å². The lowest BCUT2D eigenvalue weighted by Crippen LogP contribution is -2.33. The number of rotatable bonds is 9. The Bertz CT molecular complexity index is 1230.